The number of aryl methyl sites for hydroxylation is 1. The van der Waals surface area contributed by atoms with Crippen molar-refractivity contribution in [2.45, 2.75) is 51.7 Å². The van der Waals surface area contributed by atoms with E-state index in [4.69, 9.17) is 14.2 Å². The molecule has 1 aliphatic rings. The first-order valence-corrected chi connectivity index (χ1v) is 15.0. The molecule has 1 fully saturated rings. The van der Waals surface area contributed by atoms with E-state index in [1.165, 1.54) is 5.56 Å². The van der Waals surface area contributed by atoms with Gasteiger partial charge in [0.1, 0.15) is 18.4 Å². The van der Waals surface area contributed by atoms with Crippen LogP contribution in [-0.2, 0) is 32.1 Å². The Bertz CT molecular complexity index is 1380. The molecule has 0 aliphatic carbocycles. The Labute approximate surface area is 257 Å². The molecule has 0 radical (unpaired) electrons. The van der Waals surface area contributed by atoms with Gasteiger partial charge in [0.2, 0.25) is 0 Å². The highest BCUT2D eigenvalue weighted by Gasteiger charge is 2.52. The Morgan fingerprint density at radius 2 is 1.48 bits per heavy atom. The van der Waals surface area contributed by atoms with Crippen LogP contribution in [0.1, 0.15) is 54.1 Å². The van der Waals surface area contributed by atoms with Gasteiger partial charge in [-0.25, -0.2) is 9.59 Å². The normalized spacial score (nSPS) is 17.6. The van der Waals surface area contributed by atoms with Crippen molar-refractivity contribution >= 4 is 23.8 Å². The van der Waals surface area contributed by atoms with Crippen LogP contribution in [0.25, 0.3) is 0 Å². The number of carboxylic acid groups (broad SMARTS) is 1. The minimum absolute atomic E-state index is 0.0368. The van der Waals surface area contributed by atoms with Crippen molar-refractivity contribution in [1.82, 2.24) is 4.90 Å². The molecular formula is C35H39NO8. The van der Waals surface area contributed by atoms with Gasteiger partial charge in [-0.1, -0.05) is 60.7 Å². The summed E-state index contributed by atoms with van der Waals surface area (Å²) in [5.74, 6) is -3.63. The summed E-state index contributed by atoms with van der Waals surface area (Å²) in [6.45, 7) is 1.99. The third-order valence-electron chi connectivity index (χ3n) is 7.73. The van der Waals surface area contributed by atoms with E-state index in [0.717, 1.165) is 36.1 Å². The van der Waals surface area contributed by atoms with Crippen molar-refractivity contribution < 1.29 is 38.5 Å². The summed E-state index contributed by atoms with van der Waals surface area (Å²) in [5.41, 5.74) is 2.40. The van der Waals surface area contributed by atoms with Gasteiger partial charge >= 0.3 is 18.0 Å². The van der Waals surface area contributed by atoms with E-state index in [1.54, 1.807) is 43.3 Å². The van der Waals surface area contributed by atoms with Gasteiger partial charge in [0.25, 0.3) is 0 Å². The summed E-state index contributed by atoms with van der Waals surface area (Å²) in [6, 6.07) is 24.8. The molecule has 0 aromatic heterocycles. The van der Waals surface area contributed by atoms with Crippen molar-refractivity contribution in [3.05, 3.63) is 102 Å². The standard InChI is InChI=1S/C35H39NO8/c1-2-42-34(40)32-29(22-31(37)38)30(23-36(32)35(41)44-24-26-15-8-4-9-16-26)33(39)27-17-19-28(20-18-27)43-21-11-5-10-14-25-12-6-3-7-13-25/h3-4,6-9,12-13,15-20,29-30,32H,2,5,10-11,14,21-24H2,1H3,(H,37,38)/t29-,30-,32-/m0/s1. The smallest absolute Gasteiger partial charge is 0.410 e. The summed E-state index contributed by atoms with van der Waals surface area (Å²) < 4.78 is 16.5. The second-order valence-electron chi connectivity index (χ2n) is 10.8. The molecular weight excluding hydrogens is 562 g/mol. The number of rotatable bonds is 15. The van der Waals surface area contributed by atoms with Gasteiger partial charge in [-0.15, -0.1) is 0 Å². The molecule has 3 aromatic rings. The number of ketones is 1. The highest BCUT2D eigenvalue weighted by molar-refractivity contribution is 6.00. The first-order chi connectivity index (χ1) is 21.4. The molecule has 0 saturated carbocycles. The third-order valence-corrected chi connectivity index (χ3v) is 7.73. The monoisotopic (exact) mass is 601 g/mol. The molecule has 1 amide bonds. The maximum Gasteiger partial charge on any atom is 0.410 e. The van der Waals surface area contributed by atoms with Crippen molar-refractivity contribution in [2.24, 2.45) is 11.8 Å². The van der Waals surface area contributed by atoms with Crippen LogP contribution >= 0.6 is 0 Å². The molecule has 9 nitrogen and oxygen atoms in total. The van der Waals surface area contributed by atoms with Gasteiger partial charge in [-0.3, -0.25) is 14.5 Å². The lowest BCUT2D eigenvalue weighted by atomic mass is 9.82. The zero-order valence-electron chi connectivity index (χ0n) is 24.9. The van der Waals surface area contributed by atoms with Gasteiger partial charge in [0.15, 0.2) is 5.78 Å². The number of nitrogens with zero attached hydrogens (tertiary/aromatic N) is 1. The number of Topliss-reactive ketones (excluding diaryl/α,β-unsaturated/α-hetero) is 1. The van der Waals surface area contributed by atoms with Crippen LogP contribution in [0.15, 0.2) is 84.9 Å². The summed E-state index contributed by atoms with van der Waals surface area (Å²) >= 11 is 0. The Kier molecular flexibility index (Phi) is 11.9. The van der Waals surface area contributed by atoms with Crippen LogP contribution in [-0.4, -0.2) is 59.6 Å². The minimum atomic E-state index is -1.27. The van der Waals surface area contributed by atoms with E-state index in [-0.39, 0.29) is 25.5 Å². The molecule has 1 N–H and O–H groups in total. The van der Waals surface area contributed by atoms with Crippen molar-refractivity contribution in [2.75, 3.05) is 19.8 Å². The summed E-state index contributed by atoms with van der Waals surface area (Å²) in [6.07, 6.45) is 2.73. The molecule has 1 heterocycles. The Balaban J connectivity index is 1.39. The average molecular weight is 602 g/mol. The second-order valence-corrected chi connectivity index (χ2v) is 10.8. The zero-order valence-corrected chi connectivity index (χ0v) is 24.9. The van der Waals surface area contributed by atoms with E-state index >= 15 is 0 Å². The predicted octanol–water partition coefficient (Wildman–Crippen LogP) is 5.95. The molecule has 232 valence electrons. The number of likely N-dealkylation sites (tertiary alicyclic amines) is 1. The van der Waals surface area contributed by atoms with E-state index in [1.807, 2.05) is 36.4 Å². The number of aliphatic carboxylic acids is 1. The minimum Gasteiger partial charge on any atom is -0.494 e. The van der Waals surface area contributed by atoms with E-state index in [2.05, 4.69) is 12.1 Å². The van der Waals surface area contributed by atoms with Crippen LogP contribution in [0.5, 0.6) is 5.75 Å². The number of unbranched alkanes of at least 4 members (excludes halogenated alkanes) is 2. The van der Waals surface area contributed by atoms with Crippen LogP contribution in [0.2, 0.25) is 0 Å². The highest BCUT2D eigenvalue weighted by Crippen LogP contribution is 2.36. The maximum atomic E-state index is 13.7. The molecule has 3 atom stereocenters. The van der Waals surface area contributed by atoms with Gasteiger partial charge in [-0.05, 0) is 68.0 Å². The van der Waals surface area contributed by atoms with Gasteiger partial charge in [0.05, 0.1) is 19.6 Å². The van der Waals surface area contributed by atoms with Gasteiger partial charge < -0.3 is 19.3 Å². The largest absolute Gasteiger partial charge is 0.494 e. The summed E-state index contributed by atoms with van der Waals surface area (Å²) in [7, 11) is 0. The number of ether oxygens (including phenoxy) is 3. The predicted molar refractivity (Wildman–Crippen MR) is 163 cm³/mol. The number of benzene rings is 3. The number of hydrogen-bond donors (Lipinski definition) is 1. The molecule has 0 unspecified atom stereocenters. The van der Waals surface area contributed by atoms with Crippen LogP contribution in [0.3, 0.4) is 0 Å². The molecule has 1 saturated heterocycles. The van der Waals surface area contributed by atoms with Crippen molar-refractivity contribution in [3.8, 4) is 5.75 Å². The molecule has 0 spiro atoms. The number of hydrogen-bond acceptors (Lipinski definition) is 7. The van der Waals surface area contributed by atoms with Crippen LogP contribution < -0.4 is 4.74 Å². The van der Waals surface area contributed by atoms with Gasteiger partial charge in [0, 0.05) is 23.9 Å². The number of carboxylic acids is 1. The lowest BCUT2D eigenvalue weighted by Crippen LogP contribution is -2.45. The summed E-state index contributed by atoms with van der Waals surface area (Å²) in [5, 5.41) is 9.67. The molecule has 44 heavy (non-hydrogen) atoms. The number of carbonyl (C=O) groups is 4. The lowest BCUT2D eigenvalue weighted by Gasteiger charge is -2.25. The Morgan fingerprint density at radius 3 is 2.11 bits per heavy atom. The Hall–Kier alpha value is -4.66. The number of esters is 1. The Morgan fingerprint density at radius 1 is 0.818 bits per heavy atom. The van der Waals surface area contributed by atoms with Crippen molar-refractivity contribution in [3.63, 3.8) is 0 Å². The summed E-state index contributed by atoms with van der Waals surface area (Å²) in [4.78, 5) is 52.9. The highest BCUT2D eigenvalue weighted by atomic mass is 16.6. The zero-order chi connectivity index (χ0) is 31.3. The molecule has 3 aromatic carbocycles. The van der Waals surface area contributed by atoms with Crippen molar-refractivity contribution in [1.29, 1.82) is 0 Å². The maximum absolute atomic E-state index is 13.7. The first kappa shape index (κ1) is 32.3. The average Bonchev–Trinajstić information content (AvgIpc) is 3.41. The van der Waals surface area contributed by atoms with E-state index in [0.29, 0.717) is 17.9 Å². The third kappa shape index (κ3) is 8.92. The number of carbonyl (C=O) groups excluding carboxylic acids is 3. The second kappa shape index (κ2) is 16.3. The molecule has 9 heteroatoms. The fourth-order valence-corrected chi connectivity index (χ4v) is 5.54. The van der Waals surface area contributed by atoms with Gasteiger partial charge in [-0.2, -0.15) is 0 Å². The molecule has 4 rings (SSSR count). The van der Waals surface area contributed by atoms with E-state index < -0.39 is 42.3 Å². The SMILES string of the molecule is CCOC(=O)[C@@H]1[C@@H](CC(=O)O)[C@@H](C(=O)c2ccc(OCCCCCc3ccccc3)cc2)CN1C(=O)OCc1ccccc1. The molecule has 1 aliphatic heterocycles. The molecule has 0 bridgehead atoms. The van der Waals surface area contributed by atoms with Crippen LogP contribution in [0, 0.1) is 11.8 Å². The quantitative estimate of drug-likeness (QED) is 0.129. The fourth-order valence-electron chi connectivity index (χ4n) is 5.54. The number of amides is 1. The van der Waals surface area contributed by atoms with Crippen LogP contribution in [0.4, 0.5) is 4.79 Å². The fraction of sp³-hybridized carbons (Fsp3) is 0.371. The lowest BCUT2D eigenvalue weighted by molar-refractivity contribution is -0.150. The first-order valence-electron chi connectivity index (χ1n) is 15.0. The van der Waals surface area contributed by atoms with E-state index in [9.17, 15) is 24.3 Å². The topological polar surface area (TPSA) is 119 Å².